The summed E-state index contributed by atoms with van der Waals surface area (Å²) >= 11 is 18.5. The maximum absolute atomic E-state index is 13.4. The topological polar surface area (TPSA) is 86.8 Å². The van der Waals surface area contributed by atoms with Crippen LogP contribution < -0.4 is 9.62 Å². The molecule has 0 saturated heterocycles. The minimum Gasteiger partial charge on any atom is -0.352 e. The first kappa shape index (κ1) is 31.2. The minimum absolute atomic E-state index is 0.0256. The number of halogens is 3. The number of carbonyl (C=O) groups is 2. The second kappa shape index (κ2) is 13.7. The average Bonchev–Trinajstić information content (AvgIpc) is 2.81. The van der Waals surface area contributed by atoms with Gasteiger partial charge in [-0.15, -0.1) is 0 Å². The Kier molecular flexibility index (Phi) is 11.6. The molecule has 2 aromatic carbocycles. The van der Waals surface area contributed by atoms with Crippen LogP contribution in [0.4, 0.5) is 5.69 Å². The molecule has 1 N–H and O–H groups in total. The van der Waals surface area contributed by atoms with E-state index >= 15 is 0 Å². The molecule has 0 aliphatic heterocycles. The number of nitrogens with zero attached hydrogens (tertiary/aromatic N) is 2. The van der Waals surface area contributed by atoms with Gasteiger partial charge in [-0.1, -0.05) is 53.9 Å². The highest BCUT2D eigenvalue weighted by Gasteiger charge is 2.28. The van der Waals surface area contributed by atoms with Gasteiger partial charge >= 0.3 is 0 Å². The predicted molar refractivity (Wildman–Crippen MR) is 152 cm³/mol. The van der Waals surface area contributed by atoms with Crippen LogP contribution in [0.5, 0.6) is 0 Å². The van der Waals surface area contributed by atoms with Gasteiger partial charge in [-0.3, -0.25) is 13.9 Å². The maximum atomic E-state index is 13.4. The van der Waals surface area contributed by atoms with Crippen LogP contribution in [-0.4, -0.2) is 50.0 Å². The molecule has 2 aromatic rings. The third-order valence-electron chi connectivity index (χ3n) is 6.12. The van der Waals surface area contributed by atoms with E-state index in [9.17, 15) is 18.0 Å². The number of benzene rings is 2. The molecular weight excluding hydrogens is 557 g/mol. The average molecular weight is 591 g/mol. The van der Waals surface area contributed by atoms with Crippen LogP contribution in [0.15, 0.2) is 36.4 Å². The first-order chi connectivity index (χ1) is 17.2. The molecule has 0 saturated carbocycles. The van der Waals surface area contributed by atoms with Gasteiger partial charge in [0.05, 0.1) is 11.9 Å². The Morgan fingerprint density at radius 1 is 1.03 bits per heavy atom. The summed E-state index contributed by atoms with van der Waals surface area (Å²) in [6.07, 6.45) is 2.13. The summed E-state index contributed by atoms with van der Waals surface area (Å²) in [5, 5.41) is 4.18. The Hall–Kier alpha value is -2.00. The molecule has 0 heterocycles. The Bertz CT molecular complexity index is 1220. The molecule has 0 aliphatic rings. The fourth-order valence-corrected chi connectivity index (χ4v) is 5.36. The van der Waals surface area contributed by atoms with Gasteiger partial charge in [-0.2, -0.15) is 0 Å². The van der Waals surface area contributed by atoms with Crippen molar-refractivity contribution in [1.82, 2.24) is 10.2 Å². The van der Waals surface area contributed by atoms with Crippen molar-refractivity contribution in [2.45, 2.75) is 65.6 Å². The molecule has 2 atom stereocenters. The van der Waals surface area contributed by atoms with Crippen LogP contribution in [0, 0.1) is 6.92 Å². The molecule has 0 aliphatic carbocycles. The van der Waals surface area contributed by atoms with Crippen molar-refractivity contribution in [2.24, 2.45) is 0 Å². The number of rotatable bonds is 12. The molecular formula is C26H34Cl3N3O4S. The van der Waals surface area contributed by atoms with E-state index in [1.54, 1.807) is 50.2 Å². The molecule has 11 heteroatoms. The van der Waals surface area contributed by atoms with Gasteiger partial charge in [0.25, 0.3) is 0 Å². The van der Waals surface area contributed by atoms with Crippen LogP contribution in [0.2, 0.25) is 15.1 Å². The summed E-state index contributed by atoms with van der Waals surface area (Å²) in [4.78, 5) is 27.8. The third-order valence-corrected chi connectivity index (χ3v) is 8.12. The standard InChI is InChI=1S/C26H34Cl3N3O4S/c1-6-18(3)30-26(34)19(4)31(16-20-10-12-21(27)14-23(20)29)25(33)8-7-13-32(37(5,35)36)24-15-22(28)11-9-17(24)2/h9-12,14-15,18-19H,6-8,13,16H2,1-5H3,(H,30,34)/t18-,19+/m0/s1. The lowest BCUT2D eigenvalue weighted by molar-refractivity contribution is -0.140. The van der Waals surface area contributed by atoms with Crippen molar-refractivity contribution >= 4 is 62.3 Å². The van der Waals surface area contributed by atoms with E-state index in [0.29, 0.717) is 26.3 Å². The fraction of sp³-hybridized carbons (Fsp3) is 0.462. The van der Waals surface area contributed by atoms with Gasteiger partial charge in [-0.05, 0) is 69.0 Å². The lowest BCUT2D eigenvalue weighted by Crippen LogP contribution is -2.49. The number of anilines is 1. The lowest BCUT2D eigenvalue weighted by atomic mass is 10.1. The SMILES string of the molecule is CC[C@H](C)NC(=O)[C@@H](C)N(Cc1ccc(Cl)cc1Cl)C(=O)CCCN(c1cc(Cl)ccc1C)S(C)(=O)=O. The zero-order chi connectivity index (χ0) is 27.9. The highest BCUT2D eigenvalue weighted by molar-refractivity contribution is 7.92. The second-order valence-corrected chi connectivity index (χ2v) is 12.3. The number of amides is 2. The number of sulfonamides is 1. The van der Waals surface area contributed by atoms with E-state index in [1.165, 1.54) is 9.21 Å². The van der Waals surface area contributed by atoms with Gasteiger partial charge < -0.3 is 10.2 Å². The fourth-order valence-electron chi connectivity index (χ4n) is 3.72. The van der Waals surface area contributed by atoms with Gasteiger partial charge in [0, 0.05) is 40.6 Å². The summed E-state index contributed by atoms with van der Waals surface area (Å²) in [5.41, 5.74) is 1.86. The monoisotopic (exact) mass is 589 g/mol. The van der Waals surface area contributed by atoms with Crippen molar-refractivity contribution in [3.63, 3.8) is 0 Å². The van der Waals surface area contributed by atoms with Crippen molar-refractivity contribution < 1.29 is 18.0 Å². The summed E-state index contributed by atoms with van der Waals surface area (Å²) < 4.78 is 26.3. The van der Waals surface area contributed by atoms with Crippen LogP contribution in [-0.2, 0) is 26.2 Å². The molecule has 0 fully saturated rings. The first-order valence-electron chi connectivity index (χ1n) is 12.0. The van der Waals surface area contributed by atoms with Crippen LogP contribution in [0.1, 0.15) is 51.2 Å². The third kappa shape index (κ3) is 9.06. The van der Waals surface area contributed by atoms with Crippen molar-refractivity contribution in [3.8, 4) is 0 Å². The molecule has 0 aromatic heterocycles. The molecule has 0 unspecified atom stereocenters. The van der Waals surface area contributed by atoms with Crippen molar-refractivity contribution in [2.75, 3.05) is 17.1 Å². The maximum Gasteiger partial charge on any atom is 0.242 e. The van der Waals surface area contributed by atoms with Gasteiger partial charge in [0.2, 0.25) is 21.8 Å². The molecule has 2 amide bonds. The van der Waals surface area contributed by atoms with E-state index < -0.39 is 16.1 Å². The molecule has 0 radical (unpaired) electrons. The van der Waals surface area contributed by atoms with E-state index in [2.05, 4.69) is 5.32 Å². The summed E-state index contributed by atoms with van der Waals surface area (Å²) in [6, 6.07) is 9.19. The first-order valence-corrected chi connectivity index (χ1v) is 15.0. The number of hydrogen-bond donors (Lipinski definition) is 1. The van der Waals surface area contributed by atoms with Crippen molar-refractivity contribution in [3.05, 3.63) is 62.6 Å². The largest absolute Gasteiger partial charge is 0.352 e. The predicted octanol–water partition coefficient (Wildman–Crippen LogP) is 5.83. The zero-order valence-electron chi connectivity index (χ0n) is 21.7. The van der Waals surface area contributed by atoms with Gasteiger partial charge in [-0.25, -0.2) is 8.42 Å². The lowest BCUT2D eigenvalue weighted by Gasteiger charge is -2.30. The molecule has 204 valence electrons. The second-order valence-electron chi connectivity index (χ2n) is 9.12. The Balaban J connectivity index is 2.24. The number of aryl methyl sites for hydroxylation is 1. The number of hydrogen-bond acceptors (Lipinski definition) is 4. The minimum atomic E-state index is -3.62. The Morgan fingerprint density at radius 3 is 2.24 bits per heavy atom. The number of nitrogens with one attached hydrogen (secondary N) is 1. The van der Waals surface area contributed by atoms with E-state index in [1.807, 2.05) is 13.8 Å². The quantitative estimate of drug-likeness (QED) is 0.337. The highest BCUT2D eigenvalue weighted by Crippen LogP contribution is 2.27. The Morgan fingerprint density at radius 2 is 1.65 bits per heavy atom. The molecule has 2 rings (SSSR count). The van der Waals surface area contributed by atoms with Crippen molar-refractivity contribution in [1.29, 1.82) is 0 Å². The van der Waals surface area contributed by atoms with Gasteiger partial charge in [0.1, 0.15) is 6.04 Å². The van der Waals surface area contributed by atoms with Crippen LogP contribution >= 0.6 is 34.8 Å². The molecule has 37 heavy (non-hydrogen) atoms. The van der Waals surface area contributed by atoms with Crippen LogP contribution in [0.25, 0.3) is 0 Å². The number of carbonyl (C=O) groups excluding carboxylic acids is 2. The van der Waals surface area contributed by atoms with E-state index in [0.717, 1.165) is 18.2 Å². The van der Waals surface area contributed by atoms with E-state index in [4.69, 9.17) is 34.8 Å². The molecule has 7 nitrogen and oxygen atoms in total. The zero-order valence-corrected chi connectivity index (χ0v) is 24.8. The smallest absolute Gasteiger partial charge is 0.242 e. The summed E-state index contributed by atoms with van der Waals surface area (Å²) in [5.74, 6) is -0.575. The normalized spacial score (nSPS) is 13.1. The van der Waals surface area contributed by atoms with Crippen LogP contribution in [0.3, 0.4) is 0 Å². The molecule has 0 bridgehead atoms. The van der Waals surface area contributed by atoms with E-state index in [-0.39, 0.29) is 43.8 Å². The highest BCUT2D eigenvalue weighted by atomic mass is 35.5. The van der Waals surface area contributed by atoms with Gasteiger partial charge in [0.15, 0.2) is 0 Å². The summed E-state index contributed by atoms with van der Waals surface area (Å²) in [7, 11) is -3.62. The molecule has 0 spiro atoms. The summed E-state index contributed by atoms with van der Waals surface area (Å²) in [6.45, 7) is 7.50. The Labute approximate surface area is 235 Å².